The highest BCUT2D eigenvalue weighted by Gasteiger charge is 2.53. The van der Waals surface area contributed by atoms with Crippen LogP contribution in [0.15, 0.2) is 116 Å². The number of aromatic amines is 1. The van der Waals surface area contributed by atoms with Crippen LogP contribution in [0.2, 0.25) is 0 Å². The van der Waals surface area contributed by atoms with Gasteiger partial charge in [-0.3, -0.25) is 37.4 Å². The number of benzene rings is 3. The van der Waals surface area contributed by atoms with Crippen LogP contribution in [0.5, 0.6) is 0 Å². The summed E-state index contributed by atoms with van der Waals surface area (Å²) >= 11 is 0. The number of nitrogens with one attached hydrogen (secondary N) is 4. The highest BCUT2D eigenvalue weighted by Crippen LogP contribution is 2.60. The molecule has 4 heterocycles. The molecule has 4 bridgehead atoms. The van der Waals surface area contributed by atoms with Gasteiger partial charge in [0.15, 0.2) is 11.4 Å². The van der Waals surface area contributed by atoms with Crippen LogP contribution >= 0.6 is 0 Å². The summed E-state index contributed by atoms with van der Waals surface area (Å²) in [5, 5.41) is 8.59. The van der Waals surface area contributed by atoms with Gasteiger partial charge in [0.2, 0.25) is 11.6 Å². The highest BCUT2D eigenvalue weighted by molar-refractivity contribution is 7.86. The van der Waals surface area contributed by atoms with Gasteiger partial charge in [-0.05, 0) is 162 Å². The molecule has 3 aromatic carbocycles. The summed E-state index contributed by atoms with van der Waals surface area (Å²) in [5.74, 6) is 2.05. The van der Waals surface area contributed by atoms with Gasteiger partial charge in [-0.15, -0.1) is 0 Å². The Bertz CT molecular complexity index is 3930. The number of nitrogens with zero attached hydrogens (tertiary/aromatic N) is 5. The van der Waals surface area contributed by atoms with Crippen molar-refractivity contribution in [2.45, 2.75) is 151 Å². The topological polar surface area (TPSA) is 275 Å². The largest absolute Gasteiger partial charge is 0.354 e. The number of aryl methyl sites for hydroxylation is 1. The minimum atomic E-state index is -4.46. The van der Waals surface area contributed by atoms with E-state index in [1.165, 1.54) is 48.1 Å². The van der Waals surface area contributed by atoms with E-state index in [0.717, 1.165) is 59.0 Å². The summed E-state index contributed by atoms with van der Waals surface area (Å²) in [4.78, 5) is 76.7. The third-order valence-corrected chi connectivity index (χ3v) is 20.0. The van der Waals surface area contributed by atoms with Crippen molar-refractivity contribution in [3.63, 3.8) is 0 Å². The van der Waals surface area contributed by atoms with Crippen molar-refractivity contribution in [3.8, 4) is 0 Å². The predicted octanol–water partition coefficient (Wildman–Crippen LogP) is 7.98. The van der Waals surface area contributed by atoms with E-state index >= 15 is 0 Å². The number of allylic oxidation sites excluding steroid dienone is 6. The Hall–Kier alpha value is -7.27. The second kappa shape index (κ2) is 23.9. The SMILES string of the molecule is CCCn1c(=O)c2[nH]c(C34CC5CC(CC(C5)C3)C4)nc2n(CCCNC(=O)c2ccc(C(=O)NCCNC(=O)CCCCCN3/C(=C/C=C/C=C/C4=[N+](C)c5ccc(S(=O)(=O)O)cc5C4(C)C)C(C)(C)c4cc(S(=O)(=O)O)ccc43)cc2)c1=O. The molecule has 85 heavy (non-hydrogen) atoms. The van der Waals surface area contributed by atoms with E-state index in [9.17, 15) is 49.9 Å². The smallest absolute Gasteiger partial charge is 0.332 e. The second-order valence-electron chi connectivity index (χ2n) is 24.9. The zero-order valence-electron chi connectivity index (χ0n) is 49.2. The Balaban J connectivity index is 0.670. The highest BCUT2D eigenvalue weighted by atomic mass is 32.2. The Morgan fingerprint density at radius 2 is 1.31 bits per heavy atom. The first kappa shape index (κ1) is 60.8. The average molecular weight is 1200 g/mol. The molecule has 6 N–H and O–H groups in total. The molecule has 2 aliphatic heterocycles. The molecule has 3 amide bonds. The van der Waals surface area contributed by atoms with Crippen molar-refractivity contribution < 1.29 is 44.9 Å². The maximum absolute atomic E-state index is 13.8. The van der Waals surface area contributed by atoms with Gasteiger partial charge in [-0.2, -0.15) is 21.4 Å². The number of amides is 3. The van der Waals surface area contributed by atoms with Crippen LogP contribution < -0.4 is 32.1 Å². The molecule has 0 spiro atoms. The molecule has 6 aliphatic rings. The van der Waals surface area contributed by atoms with Crippen molar-refractivity contribution in [1.82, 2.24) is 35.1 Å². The molecule has 22 heteroatoms. The zero-order chi connectivity index (χ0) is 60.8. The fourth-order valence-electron chi connectivity index (χ4n) is 14.4. The lowest BCUT2D eigenvalue weighted by atomic mass is 9.49. The molecule has 4 aliphatic carbocycles. The van der Waals surface area contributed by atoms with Crippen molar-refractivity contribution in [2.75, 3.05) is 38.1 Å². The average Bonchev–Trinajstić information content (AvgIpc) is 1.99. The number of hydrogen-bond acceptors (Lipinski definition) is 11. The van der Waals surface area contributed by atoms with Crippen LogP contribution in [0.4, 0.5) is 11.4 Å². The number of hydrogen-bond donors (Lipinski definition) is 6. The third-order valence-electron chi connectivity index (χ3n) is 18.3. The van der Waals surface area contributed by atoms with Crippen LogP contribution in [0.1, 0.15) is 149 Å². The van der Waals surface area contributed by atoms with Crippen LogP contribution in [0.25, 0.3) is 11.2 Å². The summed E-state index contributed by atoms with van der Waals surface area (Å²) in [6.07, 6.45) is 20.0. The molecular formula is C63H78N9O11S2+. The molecule has 4 saturated carbocycles. The molecule has 0 radical (unpaired) electrons. The van der Waals surface area contributed by atoms with Gasteiger partial charge in [0.25, 0.3) is 37.6 Å². The van der Waals surface area contributed by atoms with Crippen LogP contribution in [-0.2, 0) is 54.4 Å². The minimum absolute atomic E-state index is 0.0783. The Labute approximate surface area is 496 Å². The van der Waals surface area contributed by atoms with E-state index < -0.39 is 36.8 Å². The lowest BCUT2D eigenvalue weighted by Crippen LogP contribution is -2.49. The van der Waals surface area contributed by atoms with E-state index in [-0.39, 0.29) is 71.1 Å². The number of unbranched alkanes of at least 4 members (excludes halogenated alkanes) is 2. The summed E-state index contributed by atoms with van der Waals surface area (Å²) in [7, 11) is -6.94. The number of H-pyrrole nitrogens is 1. The van der Waals surface area contributed by atoms with Crippen LogP contribution in [0, 0.1) is 17.8 Å². The maximum Gasteiger partial charge on any atom is 0.332 e. The number of carbonyl (C=O) groups is 3. The Morgan fingerprint density at radius 3 is 1.93 bits per heavy atom. The lowest BCUT2D eigenvalue weighted by molar-refractivity contribution is -0.401. The molecule has 2 aromatic heterocycles. The summed E-state index contributed by atoms with van der Waals surface area (Å²) in [6, 6.07) is 15.4. The molecule has 11 rings (SSSR count). The van der Waals surface area contributed by atoms with Gasteiger partial charge in [0.1, 0.15) is 18.4 Å². The van der Waals surface area contributed by atoms with Gasteiger partial charge in [-0.25, -0.2) is 9.78 Å². The molecule has 0 saturated heterocycles. The molecule has 0 atom stereocenters. The zero-order valence-corrected chi connectivity index (χ0v) is 50.9. The molecule has 4 fully saturated rings. The van der Waals surface area contributed by atoms with E-state index in [0.29, 0.717) is 85.2 Å². The molecule has 0 unspecified atom stereocenters. The number of fused-ring (bicyclic) bond motifs is 3. The van der Waals surface area contributed by atoms with Crippen molar-refractivity contribution >= 4 is 66.2 Å². The minimum Gasteiger partial charge on any atom is -0.354 e. The van der Waals surface area contributed by atoms with Crippen molar-refractivity contribution in [1.29, 1.82) is 0 Å². The van der Waals surface area contributed by atoms with Gasteiger partial charge >= 0.3 is 5.69 Å². The fraction of sp³-hybridized carbons (Fsp3) is 0.476. The van der Waals surface area contributed by atoms with E-state index in [2.05, 4.69) is 25.8 Å². The van der Waals surface area contributed by atoms with E-state index in [4.69, 9.17) is 4.98 Å². The van der Waals surface area contributed by atoms with Gasteiger partial charge in [-0.1, -0.05) is 45.4 Å². The fourth-order valence-corrected chi connectivity index (χ4v) is 15.5. The number of aromatic nitrogens is 4. The lowest BCUT2D eigenvalue weighted by Gasteiger charge is -2.55. The van der Waals surface area contributed by atoms with Crippen molar-refractivity contribution in [3.05, 3.63) is 146 Å². The first-order valence-electron chi connectivity index (χ1n) is 29.7. The summed E-state index contributed by atoms with van der Waals surface area (Å²) in [5.41, 5.74) is 4.39. The second-order valence-corrected chi connectivity index (χ2v) is 27.8. The van der Waals surface area contributed by atoms with E-state index in [1.54, 1.807) is 41.0 Å². The maximum atomic E-state index is 13.8. The van der Waals surface area contributed by atoms with Crippen LogP contribution in [-0.4, -0.2) is 106 Å². The van der Waals surface area contributed by atoms with Gasteiger partial charge in [0, 0.05) is 96.7 Å². The predicted molar refractivity (Wildman–Crippen MR) is 325 cm³/mol. The molecule has 20 nitrogen and oxygen atoms in total. The van der Waals surface area contributed by atoms with E-state index in [1.807, 2.05) is 76.6 Å². The van der Waals surface area contributed by atoms with Crippen molar-refractivity contribution in [2.24, 2.45) is 17.8 Å². The van der Waals surface area contributed by atoms with Crippen LogP contribution in [0.3, 0.4) is 0 Å². The number of rotatable bonds is 23. The summed E-state index contributed by atoms with van der Waals surface area (Å²) < 4.78 is 72.7. The Kier molecular flexibility index (Phi) is 17.1. The molecule has 452 valence electrons. The molecular weight excluding hydrogens is 1120 g/mol. The third kappa shape index (κ3) is 12.3. The summed E-state index contributed by atoms with van der Waals surface area (Å²) in [6.45, 7) is 11.7. The standard InChI is InChI=1S/C63H77N9O11S2/c1-7-29-72-58(76)54-55(68-59(67-54)63-37-40-32-41(38-63)34-42(33-40)39-63)71(60(72)77)31-14-26-65-56(74)43-18-20-44(21-19-43)57(75)66-28-27-64-53(73)17-12-9-13-30-70-50-25-23-46(85(81,82)83)36-48(50)62(4,5)52(70)16-11-8-10-15-51-61(2,3)47-35-45(84(78,79)80)22-24-49(47)69(51)6/h8,10-11,15-16,18-25,35-36,40-42H,7,9,12-14,17,26-34,37-39H2,1-6H3,(H5-,64,65,66,67,68,73,74,75,76,78,79,80,81,82,83)/p+1. The first-order chi connectivity index (χ1) is 40.3. The quantitative estimate of drug-likeness (QED) is 0.0157. The molecule has 5 aromatic rings. The number of imidazole rings is 1. The normalized spacial score (nSPS) is 21.6. The first-order valence-corrected chi connectivity index (χ1v) is 32.5. The number of carbonyl (C=O) groups excluding carboxylic acids is 3. The Morgan fingerprint density at radius 1 is 0.706 bits per heavy atom. The number of anilines is 1. The van der Waals surface area contributed by atoms with Gasteiger partial charge < -0.3 is 25.8 Å². The monoisotopic (exact) mass is 1200 g/mol. The van der Waals surface area contributed by atoms with Gasteiger partial charge in [0.05, 0.1) is 15.2 Å².